The predicted molar refractivity (Wildman–Crippen MR) is 86.1 cm³/mol. The van der Waals surface area contributed by atoms with Crippen LogP contribution in [0.5, 0.6) is 0 Å². The molecule has 0 aromatic heterocycles. The normalized spacial score (nSPS) is 15.4. The first-order valence-electron chi connectivity index (χ1n) is 7.49. The van der Waals surface area contributed by atoms with Gasteiger partial charge in [0.25, 0.3) is 0 Å². The summed E-state index contributed by atoms with van der Waals surface area (Å²) in [6.45, 7) is 6.87. The third-order valence-electron chi connectivity index (χ3n) is 2.80. The van der Waals surface area contributed by atoms with Gasteiger partial charge in [0.05, 0.1) is 0 Å². The second-order valence-electron chi connectivity index (χ2n) is 6.19. The summed E-state index contributed by atoms with van der Waals surface area (Å²) in [4.78, 5) is -3.61. The Labute approximate surface area is 143 Å². The van der Waals surface area contributed by atoms with E-state index >= 15 is 0 Å². The maximum absolute atomic E-state index is 13.6. The van der Waals surface area contributed by atoms with Crippen molar-refractivity contribution in [2.75, 3.05) is 0 Å². The first kappa shape index (κ1) is 23.0. The zero-order valence-electron chi connectivity index (χ0n) is 13.8. The monoisotopic (exact) mass is 426 g/mol. The molecule has 2 atom stereocenters. The summed E-state index contributed by atoms with van der Waals surface area (Å²) in [5.41, 5.74) is 0. The van der Waals surface area contributed by atoms with Crippen molar-refractivity contribution in [2.24, 2.45) is 0 Å². The van der Waals surface area contributed by atoms with E-state index in [0.29, 0.717) is 12.8 Å². The smallest absolute Gasteiger partial charge is 0.350 e. The largest absolute Gasteiger partial charge is 0.388 e. The van der Waals surface area contributed by atoms with Crippen LogP contribution in [-0.4, -0.2) is 25.5 Å². The van der Waals surface area contributed by atoms with Gasteiger partial charge >= 0.3 is 10.9 Å². The lowest BCUT2D eigenvalue weighted by Gasteiger charge is -2.31. The van der Waals surface area contributed by atoms with E-state index in [1.807, 2.05) is 6.92 Å². The van der Waals surface area contributed by atoms with Gasteiger partial charge in [0, 0.05) is 0 Å². The van der Waals surface area contributed by atoms with Crippen molar-refractivity contribution in [2.45, 2.75) is 75.9 Å². The van der Waals surface area contributed by atoms with Crippen LogP contribution in [0, 0.1) is 0 Å². The maximum atomic E-state index is 13.6. The predicted octanol–water partition coefficient (Wildman–Crippen LogP) is 6.58. The van der Waals surface area contributed by atoms with E-state index in [9.17, 15) is 22.0 Å². The van der Waals surface area contributed by atoms with E-state index in [2.05, 4.69) is 15.9 Å². The van der Waals surface area contributed by atoms with E-state index < -0.39 is 37.5 Å². The van der Waals surface area contributed by atoms with Crippen LogP contribution in [0.2, 0.25) is 19.6 Å². The van der Waals surface area contributed by atoms with Crippen molar-refractivity contribution in [3.63, 3.8) is 0 Å². The molecule has 0 bridgehead atoms. The fourth-order valence-corrected chi connectivity index (χ4v) is 2.99. The highest BCUT2D eigenvalue weighted by atomic mass is 79.9. The van der Waals surface area contributed by atoms with Crippen LogP contribution in [0.15, 0.2) is 11.9 Å². The molecule has 0 N–H and O–H groups in total. The molecule has 0 saturated heterocycles. The highest BCUT2D eigenvalue weighted by Crippen LogP contribution is 2.34. The lowest BCUT2D eigenvalue weighted by Crippen LogP contribution is -2.43. The molecular formula is C14H24BrF5O2Si. The molecule has 0 amide bonds. The van der Waals surface area contributed by atoms with Crippen molar-refractivity contribution in [1.29, 1.82) is 0 Å². The minimum Gasteiger partial charge on any atom is -0.388 e. The molecule has 138 valence electrons. The minimum atomic E-state index is -3.61. The van der Waals surface area contributed by atoms with Crippen LogP contribution < -0.4 is 0 Å². The summed E-state index contributed by atoms with van der Waals surface area (Å²) < 4.78 is 75.8. The molecular weight excluding hydrogens is 403 g/mol. The number of halogens is 6. The number of hydrogen-bond acceptors (Lipinski definition) is 2. The van der Waals surface area contributed by atoms with E-state index in [1.165, 1.54) is 0 Å². The Morgan fingerprint density at radius 1 is 1.09 bits per heavy atom. The highest BCUT2D eigenvalue weighted by molar-refractivity contribution is 9.10. The Balaban J connectivity index is 5.09. The Morgan fingerprint density at radius 2 is 1.65 bits per heavy atom. The zero-order chi connectivity index (χ0) is 18.3. The Bertz CT molecular complexity index is 378. The average Bonchev–Trinajstić information content (AvgIpc) is 2.37. The molecule has 0 aliphatic rings. The highest BCUT2D eigenvalue weighted by Gasteiger charge is 2.43. The number of unbranched alkanes of at least 4 members (excludes halogenated alkanes) is 3. The van der Waals surface area contributed by atoms with Crippen molar-refractivity contribution in [3.05, 3.63) is 11.9 Å². The topological polar surface area (TPSA) is 18.5 Å². The summed E-state index contributed by atoms with van der Waals surface area (Å²) >= 11 is 2.12. The van der Waals surface area contributed by atoms with Gasteiger partial charge in [0.2, 0.25) is 6.29 Å². The first-order valence-corrected chi connectivity index (χ1v) is 11.7. The molecule has 0 aliphatic carbocycles. The minimum absolute atomic E-state index is 0.113. The van der Waals surface area contributed by atoms with Crippen LogP contribution in [0.4, 0.5) is 22.0 Å². The molecule has 0 spiro atoms. The lowest BCUT2D eigenvalue weighted by molar-refractivity contribution is -0.198. The van der Waals surface area contributed by atoms with Crippen LogP contribution in [0.3, 0.4) is 0 Å². The van der Waals surface area contributed by atoms with Crippen LogP contribution in [-0.2, 0) is 9.16 Å². The third kappa shape index (κ3) is 10.5. The van der Waals surface area contributed by atoms with Gasteiger partial charge in [-0.2, -0.15) is 17.6 Å². The maximum Gasteiger partial charge on any atom is 0.350 e. The van der Waals surface area contributed by atoms with E-state index in [4.69, 9.17) is 9.16 Å². The molecule has 0 rings (SSSR count). The number of hydrogen-bond donors (Lipinski definition) is 0. The number of rotatable bonds is 11. The number of ether oxygens (including phenoxy) is 1. The van der Waals surface area contributed by atoms with Gasteiger partial charge in [0.1, 0.15) is 6.10 Å². The molecule has 0 saturated carbocycles. The van der Waals surface area contributed by atoms with Crippen LogP contribution in [0.25, 0.3) is 0 Å². The number of alkyl halides is 3. The van der Waals surface area contributed by atoms with Gasteiger partial charge in [-0.3, -0.25) is 0 Å². The Hall–Kier alpha value is 0.00688. The second-order valence-corrected chi connectivity index (χ2v) is 11.7. The van der Waals surface area contributed by atoms with E-state index in [0.717, 1.165) is 12.8 Å². The van der Waals surface area contributed by atoms with Gasteiger partial charge in [-0.05, 0) is 42.0 Å². The zero-order valence-corrected chi connectivity index (χ0v) is 16.4. The second kappa shape index (κ2) is 10.1. The fraction of sp³-hybridized carbons (Fsp3) is 0.857. The average molecular weight is 427 g/mol. The summed E-state index contributed by atoms with van der Waals surface area (Å²) in [5.74, 6) is -1.82. The summed E-state index contributed by atoms with van der Waals surface area (Å²) in [5, 5.41) is 0. The first-order chi connectivity index (χ1) is 10.4. The van der Waals surface area contributed by atoms with Gasteiger partial charge in [0.15, 0.2) is 14.1 Å². The molecule has 0 aromatic carbocycles. The quantitative estimate of drug-likeness (QED) is 0.122. The third-order valence-corrected chi connectivity index (χ3v) is 4.09. The van der Waals surface area contributed by atoms with E-state index in [1.54, 1.807) is 19.6 Å². The SMILES string of the molecule is CCCCCCC(OC(O[Si](C)(C)C)C(F)(F)Br)C(F)=C(F)F. The van der Waals surface area contributed by atoms with Gasteiger partial charge in [-0.25, -0.2) is 4.39 Å². The lowest BCUT2D eigenvalue weighted by atomic mass is 10.1. The van der Waals surface area contributed by atoms with Crippen molar-refractivity contribution >= 4 is 24.2 Å². The van der Waals surface area contributed by atoms with Gasteiger partial charge < -0.3 is 9.16 Å². The fourth-order valence-electron chi connectivity index (χ4n) is 1.77. The Morgan fingerprint density at radius 3 is 2.04 bits per heavy atom. The van der Waals surface area contributed by atoms with E-state index in [-0.39, 0.29) is 6.42 Å². The van der Waals surface area contributed by atoms with Crippen molar-refractivity contribution in [3.8, 4) is 0 Å². The molecule has 0 aromatic rings. The molecule has 23 heavy (non-hydrogen) atoms. The van der Waals surface area contributed by atoms with Gasteiger partial charge in [-0.1, -0.05) is 32.6 Å². The summed E-state index contributed by atoms with van der Waals surface area (Å²) in [6.07, 6.45) is -3.72. The Kier molecular flexibility index (Phi) is 10.1. The molecule has 2 nitrogen and oxygen atoms in total. The summed E-state index contributed by atoms with van der Waals surface area (Å²) in [6, 6.07) is 0. The summed E-state index contributed by atoms with van der Waals surface area (Å²) in [7, 11) is -2.46. The molecule has 0 heterocycles. The molecule has 0 aliphatic heterocycles. The van der Waals surface area contributed by atoms with Gasteiger partial charge in [-0.15, -0.1) is 0 Å². The molecule has 9 heteroatoms. The van der Waals surface area contributed by atoms with Crippen LogP contribution >= 0.6 is 15.9 Å². The van der Waals surface area contributed by atoms with Crippen molar-refractivity contribution in [1.82, 2.24) is 0 Å². The van der Waals surface area contributed by atoms with Crippen LogP contribution in [0.1, 0.15) is 39.0 Å². The molecule has 0 fully saturated rings. The molecule has 2 unspecified atom stereocenters. The standard InChI is InChI=1S/C14H24BrF5O2Si/c1-5-6-7-8-9-10(11(16)12(17)18)21-13(14(15,19)20)22-23(2,3)4/h10,13H,5-9H2,1-4H3. The molecule has 0 radical (unpaired) electrons. The van der Waals surface area contributed by atoms with Crippen molar-refractivity contribution < 1.29 is 31.1 Å².